The number of nitrogen functional groups attached to an aromatic ring is 1. The van der Waals surface area contributed by atoms with Crippen molar-refractivity contribution in [3.8, 4) is 5.75 Å². The van der Waals surface area contributed by atoms with Crippen molar-refractivity contribution in [1.29, 1.82) is 0 Å². The summed E-state index contributed by atoms with van der Waals surface area (Å²) in [6.45, 7) is -0.172. The number of rotatable bonds is 5. The first kappa shape index (κ1) is 13.8. The zero-order valence-electron chi connectivity index (χ0n) is 10.5. The van der Waals surface area contributed by atoms with Crippen molar-refractivity contribution in [2.45, 2.75) is 13.2 Å². The first-order chi connectivity index (χ1) is 9.60. The van der Waals surface area contributed by atoms with Crippen LogP contribution < -0.4 is 10.5 Å². The first-order valence-corrected chi connectivity index (χ1v) is 5.81. The fraction of sp³-hybridized carbons (Fsp3) is 0.154. The van der Waals surface area contributed by atoms with Gasteiger partial charge >= 0.3 is 0 Å². The second-order valence-electron chi connectivity index (χ2n) is 4.10. The Kier molecular flexibility index (Phi) is 4.11. The van der Waals surface area contributed by atoms with Crippen LogP contribution in [0.4, 0.5) is 11.5 Å². The lowest BCUT2D eigenvalue weighted by molar-refractivity contribution is -0.385. The molecule has 0 saturated heterocycles. The molecule has 2 aromatic rings. The molecule has 0 fully saturated rings. The number of nitrogens with two attached hydrogens (primary N) is 1. The van der Waals surface area contributed by atoms with Gasteiger partial charge < -0.3 is 15.6 Å². The molecule has 0 bridgehead atoms. The molecular formula is C13H13N3O4. The van der Waals surface area contributed by atoms with Crippen molar-refractivity contribution in [3.63, 3.8) is 0 Å². The van der Waals surface area contributed by atoms with Crippen LogP contribution in [0.3, 0.4) is 0 Å². The molecule has 0 saturated carbocycles. The Morgan fingerprint density at radius 2 is 2.10 bits per heavy atom. The normalized spacial score (nSPS) is 10.2. The van der Waals surface area contributed by atoms with E-state index in [1.165, 1.54) is 12.1 Å². The lowest BCUT2D eigenvalue weighted by Gasteiger charge is -2.08. The van der Waals surface area contributed by atoms with Crippen LogP contribution in [0.5, 0.6) is 5.75 Å². The van der Waals surface area contributed by atoms with E-state index in [2.05, 4.69) is 4.98 Å². The van der Waals surface area contributed by atoms with Gasteiger partial charge in [0.15, 0.2) is 11.6 Å². The highest BCUT2D eigenvalue weighted by Crippen LogP contribution is 2.21. The molecule has 2 rings (SSSR count). The number of benzene rings is 1. The van der Waals surface area contributed by atoms with Gasteiger partial charge in [-0.2, -0.15) is 0 Å². The van der Waals surface area contributed by atoms with Gasteiger partial charge in [0.1, 0.15) is 6.61 Å². The lowest BCUT2D eigenvalue weighted by atomic mass is 10.1. The van der Waals surface area contributed by atoms with Crippen molar-refractivity contribution < 1.29 is 14.8 Å². The number of aliphatic hydroxyl groups is 1. The van der Waals surface area contributed by atoms with Crippen LogP contribution in [0.2, 0.25) is 0 Å². The third-order valence-electron chi connectivity index (χ3n) is 2.62. The molecule has 7 nitrogen and oxygen atoms in total. The summed E-state index contributed by atoms with van der Waals surface area (Å²) in [6.07, 6.45) is 1.54. The average molecular weight is 275 g/mol. The minimum Gasteiger partial charge on any atom is -0.485 e. The molecule has 0 aliphatic rings. The van der Waals surface area contributed by atoms with Crippen LogP contribution in [0.1, 0.15) is 11.1 Å². The van der Waals surface area contributed by atoms with Crippen molar-refractivity contribution in [3.05, 3.63) is 57.8 Å². The molecule has 0 aliphatic carbocycles. The van der Waals surface area contributed by atoms with Crippen LogP contribution in [-0.2, 0) is 13.2 Å². The van der Waals surface area contributed by atoms with Crippen molar-refractivity contribution in [2.75, 3.05) is 5.73 Å². The summed E-state index contributed by atoms with van der Waals surface area (Å²) < 4.78 is 5.47. The Morgan fingerprint density at radius 1 is 1.35 bits per heavy atom. The number of nitro benzene ring substituents is 1. The fourth-order valence-corrected chi connectivity index (χ4v) is 1.71. The summed E-state index contributed by atoms with van der Waals surface area (Å²) in [5.41, 5.74) is 6.58. The first-order valence-electron chi connectivity index (χ1n) is 5.81. The molecule has 3 N–H and O–H groups in total. The van der Waals surface area contributed by atoms with Gasteiger partial charge in [-0.3, -0.25) is 10.1 Å². The van der Waals surface area contributed by atoms with Crippen molar-refractivity contribution in [2.24, 2.45) is 0 Å². The largest absolute Gasteiger partial charge is 0.485 e. The van der Waals surface area contributed by atoms with E-state index in [4.69, 9.17) is 15.6 Å². The van der Waals surface area contributed by atoms with Gasteiger partial charge in [-0.1, -0.05) is 0 Å². The number of hydrogen-bond donors (Lipinski definition) is 2. The molecule has 104 valence electrons. The zero-order chi connectivity index (χ0) is 14.5. The lowest BCUT2D eigenvalue weighted by Crippen LogP contribution is -2.02. The quantitative estimate of drug-likeness (QED) is 0.633. The van der Waals surface area contributed by atoms with E-state index in [-0.39, 0.29) is 24.7 Å². The van der Waals surface area contributed by atoms with Gasteiger partial charge in [-0.25, -0.2) is 4.98 Å². The molecule has 20 heavy (non-hydrogen) atoms. The summed E-state index contributed by atoms with van der Waals surface area (Å²) in [4.78, 5) is 14.2. The predicted octanol–water partition coefficient (Wildman–Crippen LogP) is 1.64. The maximum Gasteiger partial charge on any atom is 0.270 e. The molecule has 0 spiro atoms. The van der Waals surface area contributed by atoms with Gasteiger partial charge in [0.25, 0.3) is 5.69 Å². The predicted molar refractivity (Wildman–Crippen MR) is 72.0 cm³/mol. The van der Waals surface area contributed by atoms with Gasteiger partial charge in [-0.15, -0.1) is 0 Å². The summed E-state index contributed by atoms with van der Waals surface area (Å²) in [5.74, 6) is 0.657. The average Bonchev–Trinajstić information content (AvgIpc) is 2.46. The Labute approximate surface area is 114 Å². The second kappa shape index (κ2) is 5.98. The zero-order valence-corrected chi connectivity index (χ0v) is 10.5. The number of nitro groups is 1. The van der Waals surface area contributed by atoms with E-state index < -0.39 is 4.92 Å². The third kappa shape index (κ3) is 3.21. The molecule has 1 aromatic carbocycles. The molecular weight excluding hydrogens is 262 g/mol. The highest BCUT2D eigenvalue weighted by Gasteiger charge is 2.10. The number of pyridine rings is 1. The molecule has 0 amide bonds. The molecule has 1 aromatic heterocycles. The standard InChI is InChI=1S/C13H13N3O4/c14-13-12(2-1-3-15-13)20-8-10-4-9(7-17)5-11(6-10)16(18)19/h1-6,17H,7-8H2,(H2,14,15). The highest BCUT2D eigenvalue weighted by atomic mass is 16.6. The minimum atomic E-state index is -0.513. The molecule has 1 heterocycles. The minimum absolute atomic E-state index is 0.0886. The Morgan fingerprint density at radius 3 is 2.75 bits per heavy atom. The molecule has 0 atom stereocenters. The van der Waals surface area contributed by atoms with Crippen molar-refractivity contribution >= 4 is 11.5 Å². The van der Waals surface area contributed by atoms with E-state index in [1.807, 2.05) is 0 Å². The maximum absolute atomic E-state index is 10.8. The third-order valence-corrected chi connectivity index (χ3v) is 2.62. The van der Waals surface area contributed by atoms with E-state index in [0.717, 1.165) is 0 Å². The topological polar surface area (TPSA) is 112 Å². The van der Waals surface area contributed by atoms with E-state index in [0.29, 0.717) is 16.9 Å². The van der Waals surface area contributed by atoms with Gasteiger partial charge in [-0.05, 0) is 29.3 Å². The van der Waals surface area contributed by atoms with Crippen LogP contribution in [0.15, 0.2) is 36.5 Å². The number of ether oxygens (including phenoxy) is 1. The summed E-state index contributed by atoms with van der Waals surface area (Å²) in [7, 11) is 0. The second-order valence-corrected chi connectivity index (χ2v) is 4.10. The van der Waals surface area contributed by atoms with E-state index in [9.17, 15) is 10.1 Å². The number of non-ortho nitro benzene ring substituents is 1. The fourth-order valence-electron chi connectivity index (χ4n) is 1.71. The van der Waals surface area contributed by atoms with Crippen LogP contribution in [0, 0.1) is 10.1 Å². The van der Waals surface area contributed by atoms with Crippen LogP contribution in [0.25, 0.3) is 0 Å². The number of hydrogen-bond acceptors (Lipinski definition) is 6. The smallest absolute Gasteiger partial charge is 0.270 e. The Balaban J connectivity index is 2.19. The number of anilines is 1. The van der Waals surface area contributed by atoms with Crippen LogP contribution in [-0.4, -0.2) is 15.0 Å². The van der Waals surface area contributed by atoms with Gasteiger partial charge in [0.05, 0.1) is 11.5 Å². The van der Waals surface area contributed by atoms with E-state index >= 15 is 0 Å². The van der Waals surface area contributed by atoms with Crippen molar-refractivity contribution in [1.82, 2.24) is 4.98 Å². The summed E-state index contributed by atoms with van der Waals surface area (Å²) >= 11 is 0. The summed E-state index contributed by atoms with van der Waals surface area (Å²) in [6, 6.07) is 7.69. The van der Waals surface area contributed by atoms with Gasteiger partial charge in [0.2, 0.25) is 0 Å². The highest BCUT2D eigenvalue weighted by molar-refractivity contribution is 5.45. The Bertz CT molecular complexity index is 631. The number of aromatic nitrogens is 1. The molecule has 0 radical (unpaired) electrons. The molecule has 0 unspecified atom stereocenters. The maximum atomic E-state index is 10.8. The number of nitrogens with zero attached hydrogens (tertiary/aromatic N) is 2. The molecule has 0 aliphatic heterocycles. The van der Waals surface area contributed by atoms with Gasteiger partial charge in [0, 0.05) is 18.3 Å². The molecule has 7 heteroatoms. The Hall–Kier alpha value is -2.67. The summed E-state index contributed by atoms with van der Waals surface area (Å²) in [5, 5.41) is 19.9. The number of aliphatic hydroxyl groups excluding tert-OH is 1. The van der Waals surface area contributed by atoms with E-state index in [1.54, 1.807) is 24.4 Å². The monoisotopic (exact) mass is 275 g/mol. The van der Waals surface area contributed by atoms with Crippen LogP contribution >= 0.6 is 0 Å². The SMILES string of the molecule is Nc1ncccc1OCc1cc(CO)cc([N+](=O)[O-])c1.